The zero-order chi connectivity index (χ0) is 24.8. The molecule has 5 nitrogen and oxygen atoms in total. The van der Waals surface area contributed by atoms with E-state index in [1.165, 1.54) is 0 Å². The summed E-state index contributed by atoms with van der Waals surface area (Å²) in [7, 11) is 0. The lowest BCUT2D eigenvalue weighted by Gasteiger charge is -2.19. The minimum Gasteiger partial charge on any atom is -0.481 e. The molecule has 0 saturated carbocycles. The Morgan fingerprint density at radius 3 is 2.46 bits per heavy atom. The van der Waals surface area contributed by atoms with Crippen molar-refractivity contribution in [2.24, 2.45) is 0 Å². The number of amides is 1. The number of rotatable bonds is 9. The number of hydrogen-bond acceptors (Lipinski definition) is 3. The Bertz CT molecular complexity index is 1360. The van der Waals surface area contributed by atoms with Gasteiger partial charge in [-0.2, -0.15) is 0 Å². The standard InChI is InChI=1S/C30H29NO4/c1-20-8-5-12-24(18-20)35-25-17-16-23(11-7-15-29(32)33)28(19-25)30(34)31-21(2)26-14-6-10-22-9-3-4-13-27(22)26/h3-6,8-10,12-14,16-19,21H,7,11,15H2,1-2H3,(H,31,34)(H,32,33). The van der Waals surface area contributed by atoms with Crippen LogP contribution in [0.5, 0.6) is 11.5 Å². The summed E-state index contributed by atoms with van der Waals surface area (Å²) in [6.07, 6.45) is 0.990. The van der Waals surface area contributed by atoms with Crippen LogP contribution >= 0.6 is 0 Å². The quantitative estimate of drug-likeness (QED) is 0.283. The van der Waals surface area contributed by atoms with E-state index in [4.69, 9.17) is 9.84 Å². The molecule has 0 spiro atoms. The molecular weight excluding hydrogens is 438 g/mol. The molecule has 1 amide bonds. The van der Waals surface area contributed by atoms with E-state index in [0.717, 1.165) is 27.5 Å². The maximum atomic E-state index is 13.5. The molecule has 0 radical (unpaired) electrons. The number of carbonyl (C=O) groups excluding carboxylic acids is 1. The zero-order valence-electron chi connectivity index (χ0n) is 20.0. The third-order valence-electron chi connectivity index (χ3n) is 6.03. The molecule has 178 valence electrons. The number of carbonyl (C=O) groups is 2. The predicted octanol–water partition coefficient (Wildman–Crippen LogP) is 6.84. The minimum atomic E-state index is -0.847. The summed E-state index contributed by atoms with van der Waals surface area (Å²) in [6.45, 7) is 3.96. The number of aliphatic carboxylic acids is 1. The van der Waals surface area contributed by atoms with Crippen LogP contribution in [0.1, 0.15) is 52.9 Å². The fraction of sp³-hybridized carbons (Fsp3) is 0.200. The molecule has 0 aromatic heterocycles. The van der Waals surface area contributed by atoms with Gasteiger partial charge in [-0.05, 0) is 78.4 Å². The normalized spacial score (nSPS) is 11.7. The molecular formula is C30H29NO4. The van der Waals surface area contributed by atoms with E-state index in [-0.39, 0.29) is 18.4 Å². The lowest BCUT2D eigenvalue weighted by Crippen LogP contribution is -2.27. The van der Waals surface area contributed by atoms with Crippen molar-refractivity contribution >= 4 is 22.6 Å². The monoisotopic (exact) mass is 467 g/mol. The van der Waals surface area contributed by atoms with Crippen LogP contribution < -0.4 is 10.1 Å². The lowest BCUT2D eigenvalue weighted by atomic mass is 9.98. The number of ether oxygens (including phenoxy) is 1. The van der Waals surface area contributed by atoms with Gasteiger partial charge in [-0.25, -0.2) is 0 Å². The first-order valence-corrected chi connectivity index (χ1v) is 11.8. The fourth-order valence-corrected chi connectivity index (χ4v) is 4.27. The first-order valence-electron chi connectivity index (χ1n) is 11.8. The largest absolute Gasteiger partial charge is 0.481 e. The van der Waals surface area contributed by atoms with Crippen LogP contribution in [0.4, 0.5) is 0 Å². The Morgan fingerprint density at radius 1 is 0.914 bits per heavy atom. The molecule has 0 bridgehead atoms. The highest BCUT2D eigenvalue weighted by Gasteiger charge is 2.18. The molecule has 0 aliphatic rings. The summed E-state index contributed by atoms with van der Waals surface area (Å²) in [5, 5.41) is 14.4. The van der Waals surface area contributed by atoms with Gasteiger partial charge in [0.2, 0.25) is 0 Å². The van der Waals surface area contributed by atoms with Crippen LogP contribution in [-0.2, 0) is 11.2 Å². The summed E-state index contributed by atoms with van der Waals surface area (Å²) in [4.78, 5) is 24.5. The second kappa shape index (κ2) is 10.9. The van der Waals surface area contributed by atoms with E-state index >= 15 is 0 Å². The number of nitrogens with one attached hydrogen (secondary N) is 1. The summed E-state index contributed by atoms with van der Waals surface area (Å²) in [5.74, 6) is 0.185. The van der Waals surface area contributed by atoms with Crippen molar-refractivity contribution in [3.63, 3.8) is 0 Å². The van der Waals surface area contributed by atoms with E-state index in [0.29, 0.717) is 29.9 Å². The van der Waals surface area contributed by atoms with E-state index in [2.05, 4.69) is 23.5 Å². The van der Waals surface area contributed by atoms with Crippen molar-refractivity contribution in [2.45, 2.75) is 39.2 Å². The lowest BCUT2D eigenvalue weighted by molar-refractivity contribution is -0.137. The first-order chi connectivity index (χ1) is 16.9. The van der Waals surface area contributed by atoms with Gasteiger partial charge in [0.1, 0.15) is 11.5 Å². The first kappa shape index (κ1) is 24.0. The average Bonchev–Trinajstić information content (AvgIpc) is 2.84. The van der Waals surface area contributed by atoms with Gasteiger partial charge in [0, 0.05) is 12.0 Å². The van der Waals surface area contributed by atoms with E-state index < -0.39 is 5.97 Å². The van der Waals surface area contributed by atoms with Crippen molar-refractivity contribution in [3.8, 4) is 11.5 Å². The number of aryl methyl sites for hydroxylation is 2. The molecule has 4 rings (SSSR count). The Hall–Kier alpha value is -4.12. The second-order valence-electron chi connectivity index (χ2n) is 8.75. The highest BCUT2D eigenvalue weighted by molar-refractivity contribution is 5.97. The van der Waals surface area contributed by atoms with Crippen molar-refractivity contribution in [2.75, 3.05) is 0 Å². The third kappa shape index (κ3) is 6.07. The van der Waals surface area contributed by atoms with Gasteiger partial charge in [-0.3, -0.25) is 9.59 Å². The molecule has 0 fully saturated rings. The Kier molecular flexibility index (Phi) is 7.46. The molecule has 35 heavy (non-hydrogen) atoms. The summed E-state index contributed by atoms with van der Waals surface area (Å²) >= 11 is 0. The molecule has 4 aromatic rings. The molecule has 5 heteroatoms. The molecule has 0 saturated heterocycles. The van der Waals surface area contributed by atoms with Gasteiger partial charge in [0.25, 0.3) is 5.91 Å². The average molecular weight is 468 g/mol. The summed E-state index contributed by atoms with van der Waals surface area (Å²) < 4.78 is 6.02. The molecule has 0 heterocycles. The molecule has 1 unspecified atom stereocenters. The van der Waals surface area contributed by atoms with Gasteiger partial charge >= 0.3 is 5.97 Å². The highest BCUT2D eigenvalue weighted by Crippen LogP contribution is 2.28. The number of benzene rings is 4. The maximum Gasteiger partial charge on any atom is 0.303 e. The maximum absolute atomic E-state index is 13.5. The number of carboxylic acids is 1. The second-order valence-corrected chi connectivity index (χ2v) is 8.75. The van der Waals surface area contributed by atoms with Crippen LogP contribution in [-0.4, -0.2) is 17.0 Å². The van der Waals surface area contributed by atoms with Crippen molar-refractivity contribution in [1.82, 2.24) is 5.32 Å². The van der Waals surface area contributed by atoms with Gasteiger partial charge in [0.05, 0.1) is 6.04 Å². The van der Waals surface area contributed by atoms with E-state index in [1.807, 2.05) is 74.5 Å². The summed E-state index contributed by atoms with van der Waals surface area (Å²) in [6, 6.07) is 27.1. The van der Waals surface area contributed by atoms with Crippen LogP contribution in [0, 0.1) is 6.92 Å². The molecule has 4 aromatic carbocycles. The van der Waals surface area contributed by atoms with Crippen LogP contribution in [0.2, 0.25) is 0 Å². The van der Waals surface area contributed by atoms with Crippen molar-refractivity contribution < 1.29 is 19.4 Å². The van der Waals surface area contributed by atoms with Crippen LogP contribution in [0.25, 0.3) is 10.8 Å². The molecule has 0 aliphatic carbocycles. The Balaban J connectivity index is 1.61. The predicted molar refractivity (Wildman–Crippen MR) is 138 cm³/mol. The van der Waals surface area contributed by atoms with E-state index in [9.17, 15) is 9.59 Å². The topological polar surface area (TPSA) is 75.6 Å². The number of hydrogen-bond donors (Lipinski definition) is 2. The van der Waals surface area contributed by atoms with Crippen LogP contribution in [0.15, 0.2) is 84.9 Å². The summed E-state index contributed by atoms with van der Waals surface area (Å²) in [5.41, 5.74) is 3.41. The van der Waals surface area contributed by atoms with Crippen molar-refractivity contribution in [1.29, 1.82) is 0 Å². The Morgan fingerprint density at radius 2 is 1.66 bits per heavy atom. The van der Waals surface area contributed by atoms with Gasteiger partial charge in [-0.15, -0.1) is 0 Å². The van der Waals surface area contributed by atoms with Gasteiger partial charge < -0.3 is 15.2 Å². The Labute approximate surface area is 205 Å². The third-order valence-corrected chi connectivity index (χ3v) is 6.03. The van der Waals surface area contributed by atoms with E-state index in [1.54, 1.807) is 6.07 Å². The highest BCUT2D eigenvalue weighted by atomic mass is 16.5. The van der Waals surface area contributed by atoms with Gasteiger partial charge in [0.15, 0.2) is 0 Å². The molecule has 2 N–H and O–H groups in total. The molecule has 1 atom stereocenters. The minimum absolute atomic E-state index is 0.0506. The van der Waals surface area contributed by atoms with Crippen molar-refractivity contribution in [3.05, 3.63) is 107 Å². The molecule has 0 aliphatic heterocycles. The SMILES string of the molecule is Cc1cccc(Oc2ccc(CCCC(=O)O)c(C(=O)NC(C)c3cccc4ccccc34)c2)c1. The zero-order valence-corrected chi connectivity index (χ0v) is 20.0. The fourth-order valence-electron chi connectivity index (χ4n) is 4.27. The smallest absolute Gasteiger partial charge is 0.303 e. The number of fused-ring (bicyclic) bond motifs is 1. The van der Waals surface area contributed by atoms with Gasteiger partial charge in [-0.1, -0.05) is 60.7 Å². The van der Waals surface area contributed by atoms with Crippen LogP contribution in [0.3, 0.4) is 0 Å². The number of carboxylic acid groups (broad SMARTS) is 1.